The average Bonchev–Trinajstić information content (AvgIpc) is 3.10. The van der Waals surface area contributed by atoms with E-state index in [1.165, 1.54) is 10.5 Å². The zero-order valence-electron chi connectivity index (χ0n) is 18.5. The molecule has 1 atom stereocenters. The Kier molecular flexibility index (Phi) is 5.15. The van der Waals surface area contributed by atoms with Gasteiger partial charge in [0, 0.05) is 42.7 Å². The van der Waals surface area contributed by atoms with Gasteiger partial charge in [0.25, 0.3) is 5.91 Å². The van der Waals surface area contributed by atoms with Gasteiger partial charge in [0.2, 0.25) is 11.8 Å². The molecule has 3 aliphatic rings. The Hall–Kier alpha value is -3.68. The van der Waals surface area contributed by atoms with E-state index in [4.69, 9.17) is 0 Å². The molecule has 8 heteroatoms. The molecule has 170 valence electrons. The van der Waals surface area contributed by atoms with Crippen LogP contribution >= 0.6 is 0 Å². The summed E-state index contributed by atoms with van der Waals surface area (Å²) in [6, 6.07) is 14.7. The molecule has 2 fully saturated rings. The van der Waals surface area contributed by atoms with Crippen LogP contribution in [-0.2, 0) is 21.5 Å². The van der Waals surface area contributed by atoms with Crippen LogP contribution in [0.15, 0.2) is 48.5 Å². The van der Waals surface area contributed by atoms with Crippen LogP contribution in [0, 0.1) is 0 Å². The van der Waals surface area contributed by atoms with Gasteiger partial charge in [-0.05, 0) is 42.2 Å². The number of piperidine rings is 1. The molecule has 3 aliphatic heterocycles. The van der Waals surface area contributed by atoms with Crippen molar-refractivity contribution in [3.05, 3.63) is 65.2 Å². The molecule has 2 saturated heterocycles. The number of imide groups is 1. The standard InChI is InChI=1S/C25H26N4O4/c1-2-25(17-6-4-3-5-7-17)14-28(15-25)24(33)26-18-8-9-19-16(12-18)13-29(23(19)32)20-10-11-21(30)27-22(20)31/h3-9,12,20H,2,10-11,13-15H2,1H3,(H,26,33)(H,27,30,31). The molecule has 0 spiro atoms. The number of fused-ring (bicyclic) bond motifs is 1. The fraction of sp³-hybridized carbons (Fsp3) is 0.360. The number of carbonyl (C=O) groups excluding carboxylic acids is 4. The molecule has 2 N–H and O–H groups in total. The van der Waals surface area contributed by atoms with Crippen molar-refractivity contribution in [1.29, 1.82) is 0 Å². The second-order valence-corrected chi connectivity index (χ2v) is 9.06. The summed E-state index contributed by atoms with van der Waals surface area (Å²) in [5, 5.41) is 5.25. The minimum absolute atomic E-state index is 0.00852. The maximum atomic E-state index is 12.8. The fourth-order valence-electron chi connectivity index (χ4n) is 5.08. The van der Waals surface area contributed by atoms with Crippen LogP contribution in [0.5, 0.6) is 0 Å². The number of likely N-dealkylation sites (tertiary alicyclic amines) is 1. The number of nitrogens with one attached hydrogen (secondary N) is 2. The van der Waals surface area contributed by atoms with Crippen molar-refractivity contribution in [1.82, 2.24) is 15.1 Å². The van der Waals surface area contributed by atoms with Crippen LogP contribution in [-0.4, -0.2) is 52.7 Å². The highest BCUT2D eigenvalue weighted by Crippen LogP contribution is 2.38. The number of rotatable bonds is 4. The van der Waals surface area contributed by atoms with E-state index in [9.17, 15) is 19.2 Å². The third kappa shape index (κ3) is 3.65. The lowest BCUT2D eigenvalue weighted by Gasteiger charge is -2.50. The molecule has 5 rings (SSSR count). The number of hydrogen-bond donors (Lipinski definition) is 2. The zero-order valence-corrected chi connectivity index (χ0v) is 18.5. The summed E-state index contributed by atoms with van der Waals surface area (Å²) >= 11 is 0. The van der Waals surface area contributed by atoms with Gasteiger partial charge in [-0.3, -0.25) is 19.7 Å². The summed E-state index contributed by atoms with van der Waals surface area (Å²) in [4.78, 5) is 52.6. The normalized spacial score (nSPS) is 21.4. The fourth-order valence-corrected chi connectivity index (χ4v) is 5.08. The first-order chi connectivity index (χ1) is 15.9. The van der Waals surface area contributed by atoms with Gasteiger partial charge >= 0.3 is 6.03 Å². The SMILES string of the molecule is CCC1(c2ccccc2)CN(C(=O)Nc2ccc3c(c2)CN(C2CCC(=O)NC2=O)C3=O)C1. The maximum absolute atomic E-state index is 12.8. The number of amides is 5. The summed E-state index contributed by atoms with van der Waals surface area (Å²) in [5.74, 6) is -0.969. The van der Waals surface area contributed by atoms with E-state index in [0.29, 0.717) is 30.8 Å². The van der Waals surface area contributed by atoms with Crippen LogP contribution in [0.3, 0.4) is 0 Å². The molecule has 0 aliphatic carbocycles. The van der Waals surface area contributed by atoms with E-state index in [1.807, 2.05) is 18.2 Å². The topological polar surface area (TPSA) is 98.8 Å². The van der Waals surface area contributed by atoms with Crippen LogP contribution in [0.25, 0.3) is 0 Å². The minimum atomic E-state index is -0.651. The van der Waals surface area contributed by atoms with Gasteiger partial charge in [-0.15, -0.1) is 0 Å². The number of carbonyl (C=O) groups is 4. The third-order valence-electron chi connectivity index (χ3n) is 7.11. The second kappa shape index (κ2) is 8.03. The lowest BCUT2D eigenvalue weighted by Crippen LogP contribution is -2.61. The predicted molar refractivity (Wildman–Crippen MR) is 121 cm³/mol. The lowest BCUT2D eigenvalue weighted by molar-refractivity contribution is -0.136. The molecule has 0 saturated carbocycles. The lowest BCUT2D eigenvalue weighted by atomic mass is 9.72. The number of anilines is 1. The van der Waals surface area contributed by atoms with Crippen molar-refractivity contribution in [2.75, 3.05) is 18.4 Å². The number of nitrogens with zero attached hydrogens (tertiary/aromatic N) is 2. The first-order valence-corrected chi connectivity index (χ1v) is 11.3. The number of benzene rings is 2. The van der Waals surface area contributed by atoms with Crippen molar-refractivity contribution in [2.45, 2.75) is 44.2 Å². The highest BCUT2D eigenvalue weighted by Gasteiger charge is 2.45. The molecule has 33 heavy (non-hydrogen) atoms. The van der Waals surface area contributed by atoms with Crippen LogP contribution in [0.4, 0.5) is 10.5 Å². The highest BCUT2D eigenvalue weighted by molar-refractivity contribution is 6.05. The minimum Gasteiger partial charge on any atom is -0.323 e. The predicted octanol–water partition coefficient (Wildman–Crippen LogP) is 2.64. The van der Waals surface area contributed by atoms with Gasteiger partial charge in [0.05, 0.1) is 0 Å². The molecule has 0 radical (unpaired) electrons. The van der Waals surface area contributed by atoms with E-state index in [2.05, 4.69) is 29.7 Å². The van der Waals surface area contributed by atoms with Gasteiger partial charge in [0.1, 0.15) is 6.04 Å². The first-order valence-electron chi connectivity index (χ1n) is 11.3. The highest BCUT2D eigenvalue weighted by atomic mass is 16.2. The molecule has 2 aromatic carbocycles. The summed E-state index contributed by atoms with van der Waals surface area (Å²) in [6.07, 6.45) is 1.50. The van der Waals surface area contributed by atoms with Gasteiger partial charge in [-0.2, -0.15) is 0 Å². The van der Waals surface area contributed by atoms with Gasteiger partial charge in [0.15, 0.2) is 0 Å². The summed E-state index contributed by atoms with van der Waals surface area (Å²) < 4.78 is 0. The maximum Gasteiger partial charge on any atom is 0.321 e. The summed E-state index contributed by atoms with van der Waals surface area (Å²) in [6.45, 7) is 3.74. The average molecular weight is 447 g/mol. The molecule has 2 aromatic rings. The molecule has 0 aromatic heterocycles. The van der Waals surface area contributed by atoms with Crippen molar-refractivity contribution < 1.29 is 19.2 Å². The van der Waals surface area contributed by atoms with Gasteiger partial charge in [-0.25, -0.2) is 4.79 Å². The van der Waals surface area contributed by atoms with E-state index in [0.717, 1.165) is 12.0 Å². The summed E-state index contributed by atoms with van der Waals surface area (Å²) in [5.41, 5.74) is 3.14. The third-order valence-corrected chi connectivity index (χ3v) is 7.11. The molecule has 1 unspecified atom stereocenters. The Labute approximate surface area is 191 Å². The Balaban J connectivity index is 1.24. The van der Waals surface area contributed by atoms with Crippen molar-refractivity contribution in [3.8, 4) is 0 Å². The molecule has 0 bridgehead atoms. The quantitative estimate of drug-likeness (QED) is 0.706. The van der Waals surface area contributed by atoms with E-state index in [-0.39, 0.29) is 36.2 Å². The largest absolute Gasteiger partial charge is 0.323 e. The Morgan fingerprint density at radius 2 is 1.88 bits per heavy atom. The monoisotopic (exact) mass is 446 g/mol. The van der Waals surface area contributed by atoms with E-state index < -0.39 is 11.9 Å². The van der Waals surface area contributed by atoms with Crippen molar-refractivity contribution in [2.24, 2.45) is 0 Å². The molecular formula is C25H26N4O4. The molecular weight excluding hydrogens is 420 g/mol. The van der Waals surface area contributed by atoms with E-state index >= 15 is 0 Å². The van der Waals surface area contributed by atoms with Crippen molar-refractivity contribution >= 4 is 29.4 Å². The van der Waals surface area contributed by atoms with E-state index in [1.54, 1.807) is 23.1 Å². The summed E-state index contributed by atoms with van der Waals surface area (Å²) in [7, 11) is 0. The van der Waals surface area contributed by atoms with Crippen molar-refractivity contribution in [3.63, 3.8) is 0 Å². The molecule has 3 heterocycles. The number of hydrogen-bond acceptors (Lipinski definition) is 4. The zero-order chi connectivity index (χ0) is 23.2. The molecule has 5 amide bonds. The Morgan fingerprint density at radius 1 is 1.12 bits per heavy atom. The van der Waals surface area contributed by atoms with Gasteiger partial charge in [-0.1, -0.05) is 37.3 Å². The second-order valence-electron chi connectivity index (χ2n) is 9.06. The van der Waals surface area contributed by atoms with Gasteiger partial charge < -0.3 is 15.1 Å². The number of urea groups is 1. The van der Waals surface area contributed by atoms with Crippen LogP contribution < -0.4 is 10.6 Å². The first kappa shape index (κ1) is 21.2. The Morgan fingerprint density at radius 3 is 2.58 bits per heavy atom. The smallest absolute Gasteiger partial charge is 0.321 e. The van der Waals surface area contributed by atoms with Crippen LogP contribution in [0.1, 0.15) is 47.7 Å². The Bertz CT molecular complexity index is 1140. The van der Waals surface area contributed by atoms with Crippen LogP contribution in [0.2, 0.25) is 0 Å². The molecule has 8 nitrogen and oxygen atoms in total.